The summed E-state index contributed by atoms with van der Waals surface area (Å²) in [6, 6.07) is 0. The molecule has 5 nitrogen and oxygen atoms in total. The quantitative estimate of drug-likeness (QED) is 0.320. The topological polar surface area (TPSA) is 86.6 Å². The van der Waals surface area contributed by atoms with Crippen molar-refractivity contribution >= 4 is 12.4 Å². The van der Waals surface area contributed by atoms with Gasteiger partial charge in [0.2, 0.25) is 5.72 Å². The molecule has 1 amide bonds. The lowest BCUT2D eigenvalue weighted by Gasteiger charge is -2.14. The lowest BCUT2D eigenvalue weighted by atomic mass is 10.3. The van der Waals surface area contributed by atoms with Crippen LogP contribution in [0, 0.1) is 0 Å². The van der Waals surface area contributed by atoms with E-state index in [9.17, 15) is 9.59 Å². The Morgan fingerprint density at radius 3 is 2.33 bits per heavy atom. The van der Waals surface area contributed by atoms with Crippen LogP contribution in [0.3, 0.4) is 0 Å². The highest BCUT2D eigenvalue weighted by Gasteiger charge is 2.28. The summed E-state index contributed by atoms with van der Waals surface area (Å²) < 4.78 is 0. The van der Waals surface area contributed by atoms with Crippen molar-refractivity contribution in [1.82, 2.24) is 5.32 Å². The zero-order valence-electron chi connectivity index (χ0n) is 4.71. The molecule has 0 fully saturated rings. The van der Waals surface area contributed by atoms with Gasteiger partial charge >= 0.3 is 12.4 Å². The number of hydrogen-bond donors (Lipinski definition) is 3. The van der Waals surface area contributed by atoms with E-state index in [1.807, 2.05) is 0 Å². The van der Waals surface area contributed by atoms with Crippen LogP contribution in [0.1, 0.15) is 6.92 Å². The summed E-state index contributed by atoms with van der Waals surface area (Å²) in [7, 11) is 0. The van der Waals surface area contributed by atoms with E-state index in [4.69, 9.17) is 10.2 Å². The second kappa shape index (κ2) is 2.45. The third-order valence-corrected chi connectivity index (χ3v) is 0.711. The van der Waals surface area contributed by atoms with Crippen molar-refractivity contribution in [2.75, 3.05) is 0 Å². The molecule has 0 aromatic heterocycles. The number of aliphatic carboxylic acids is 1. The molecule has 0 aliphatic heterocycles. The first kappa shape index (κ1) is 7.90. The molecule has 1 radical (unpaired) electrons. The second-order valence-electron chi connectivity index (χ2n) is 1.60. The van der Waals surface area contributed by atoms with Crippen LogP contribution in [-0.4, -0.2) is 28.3 Å². The van der Waals surface area contributed by atoms with Crippen LogP contribution in [0.5, 0.6) is 0 Å². The van der Waals surface area contributed by atoms with Crippen molar-refractivity contribution in [3.8, 4) is 0 Å². The number of aliphatic hydroxyl groups is 1. The maximum Gasteiger partial charge on any atom is 0.356 e. The lowest BCUT2D eigenvalue weighted by Crippen LogP contribution is -2.48. The van der Waals surface area contributed by atoms with Gasteiger partial charge in [0.05, 0.1) is 0 Å². The molecular formula is C4H6NO4. The van der Waals surface area contributed by atoms with Crippen molar-refractivity contribution in [3.63, 3.8) is 0 Å². The Hall–Kier alpha value is -1.10. The van der Waals surface area contributed by atoms with E-state index in [1.165, 1.54) is 0 Å². The van der Waals surface area contributed by atoms with Gasteiger partial charge in [-0.15, -0.1) is 0 Å². The average molecular weight is 132 g/mol. The molecular weight excluding hydrogens is 126 g/mol. The number of rotatable bonds is 3. The molecule has 1 unspecified atom stereocenters. The summed E-state index contributed by atoms with van der Waals surface area (Å²) in [4.78, 5) is 19.4. The fourth-order valence-electron chi connectivity index (χ4n) is 0.153. The Labute approximate surface area is 51.3 Å². The number of carboxylic acid groups (broad SMARTS) is 1. The first-order valence-corrected chi connectivity index (χ1v) is 2.11. The average Bonchev–Trinajstić information content (AvgIpc) is 1.65. The Bertz CT molecular complexity index is 131. The standard InChI is InChI=1S/C4H6NO4/c1-4(9,3(7)8)5-2-6/h9H,1H3,(H,5,6)(H,7,8). The van der Waals surface area contributed by atoms with E-state index in [0.29, 0.717) is 0 Å². The Kier molecular flexibility index (Phi) is 2.15. The van der Waals surface area contributed by atoms with Gasteiger partial charge < -0.3 is 15.5 Å². The van der Waals surface area contributed by atoms with E-state index in [2.05, 4.69) is 0 Å². The first-order chi connectivity index (χ1) is 4.00. The van der Waals surface area contributed by atoms with E-state index in [1.54, 1.807) is 5.32 Å². The molecule has 3 N–H and O–H groups in total. The molecule has 9 heavy (non-hydrogen) atoms. The molecule has 0 aromatic carbocycles. The molecule has 0 bridgehead atoms. The third kappa shape index (κ3) is 2.09. The van der Waals surface area contributed by atoms with E-state index < -0.39 is 11.7 Å². The van der Waals surface area contributed by atoms with Gasteiger partial charge in [-0.25, -0.2) is 4.79 Å². The maximum absolute atomic E-state index is 9.92. The minimum atomic E-state index is -2.21. The third-order valence-electron chi connectivity index (χ3n) is 0.711. The molecule has 0 saturated carbocycles. The molecule has 51 valence electrons. The molecule has 0 heterocycles. The fourth-order valence-corrected chi connectivity index (χ4v) is 0.153. The van der Waals surface area contributed by atoms with Crippen molar-refractivity contribution < 1.29 is 19.8 Å². The Morgan fingerprint density at radius 1 is 1.78 bits per heavy atom. The van der Waals surface area contributed by atoms with Gasteiger partial charge in [0, 0.05) is 0 Å². The van der Waals surface area contributed by atoms with Gasteiger partial charge in [-0.05, 0) is 6.92 Å². The fraction of sp³-hybridized carbons (Fsp3) is 0.500. The van der Waals surface area contributed by atoms with Gasteiger partial charge in [-0.1, -0.05) is 0 Å². The highest BCUT2D eigenvalue weighted by Crippen LogP contribution is 1.94. The molecule has 0 rings (SSSR count). The molecule has 5 heteroatoms. The summed E-state index contributed by atoms with van der Waals surface area (Å²) in [6.45, 7) is 0.931. The van der Waals surface area contributed by atoms with E-state index in [0.717, 1.165) is 13.3 Å². The first-order valence-electron chi connectivity index (χ1n) is 2.11. The normalized spacial score (nSPS) is 15.8. The van der Waals surface area contributed by atoms with E-state index >= 15 is 0 Å². The molecule has 1 atom stereocenters. The van der Waals surface area contributed by atoms with E-state index in [-0.39, 0.29) is 0 Å². The number of carboxylic acids is 1. The van der Waals surface area contributed by atoms with Crippen LogP contribution in [0.25, 0.3) is 0 Å². The summed E-state index contributed by atoms with van der Waals surface area (Å²) >= 11 is 0. The predicted molar refractivity (Wildman–Crippen MR) is 27.1 cm³/mol. The van der Waals surface area contributed by atoms with Crippen LogP contribution in [-0.2, 0) is 9.59 Å². The van der Waals surface area contributed by atoms with Gasteiger partial charge in [0.15, 0.2) is 0 Å². The lowest BCUT2D eigenvalue weighted by molar-refractivity contribution is -0.158. The largest absolute Gasteiger partial charge is 0.478 e. The smallest absolute Gasteiger partial charge is 0.356 e. The van der Waals surface area contributed by atoms with Gasteiger partial charge in [0.1, 0.15) is 0 Å². The van der Waals surface area contributed by atoms with Crippen LogP contribution in [0.2, 0.25) is 0 Å². The molecule has 0 spiro atoms. The van der Waals surface area contributed by atoms with Gasteiger partial charge in [0.25, 0.3) is 0 Å². The SMILES string of the molecule is CC(O)(N[C]=O)C(=O)O. The van der Waals surface area contributed by atoms with Crippen molar-refractivity contribution in [2.24, 2.45) is 0 Å². The summed E-state index contributed by atoms with van der Waals surface area (Å²) in [6.07, 6.45) is 1.06. The molecule has 0 aromatic rings. The van der Waals surface area contributed by atoms with Crippen molar-refractivity contribution in [3.05, 3.63) is 0 Å². The highest BCUT2D eigenvalue weighted by molar-refractivity contribution is 5.78. The number of carbonyl (C=O) groups excluding carboxylic acids is 1. The Morgan fingerprint density at radius 2 is 2.22 bits per heavy atom. The van der Waals surface area contributed by atoms with Gasteiger partial charge in [-0.2, -0.15) is 0 Å². The summed E-state index contributed by atoms with van der Waals surface area (Å²) in [5.74, 6) is -1.52. The number of amides is 1. The molecule has 0 saturated heterocycles. The van der Waals surface area contributed by atoms with Gasteiger partial charge in [-0.3, -0.25) is 4.79 Å². The maximum atomic E-state index is 9.92. The molecule has 0 aliphatic carbocycles. The number of carbonyl (C=O) groups is 1. The highest BCUT2D eigenvalue weighted by atomic mass is 16.4. The molecule has 0 aliphatic rings. The summed E-state index contributed by atoms with van der Waals surface area (Å²) in [5, 5.41) is 18.3. The predicted octanol–water partition coefficient (Wildman–Crippen LogP) is -1.56. The second-order valence-corrected chi connectivity index (χ2v) is 1.60. The summed E-state index contributed by atoms with van der Waals surface area (Å²) in [5.41, 5.74) is -2.21. The van der Waals surface area contributed by atoms with Crippen molar-refractivity contribution in [1.29, 1.82) is 0 Å². The van der Waals surface area contributed by atoms with Crippen LogP contribution < -0.4 is 5.32 Å². The Balaban J connectivity index is 4.00. The van der Waals surface area contributed by atoms with Crippen LogP contribution in [0.15, 0.2) is 0 Å². The zero-order valence-corrected chi connectivity index (χ0v) is 4.71. The van der Waals surface area contributed by atoms with Crippen LogP contribution in [0.4, 0.5) is 0 Å². The van der Waals surface area contributed by atoms with Crippen molar-refractivity contribution in [2.45, 2.75) is 12.6 Å². The zero-order chi connectivity index (χ0) is 7.49. The minimum Gasteiger partial charge on any atom is -0.478 e. The number of nitrogens with one attached hydrogen (secondary N) is 1. The number of hydrogen-bond acceptors (Lipinski definition) is 3. The van der Waals surface area contributed by atoms with Crippen LogP contribution >= 0.6 is 0 Å². The minimum absolute atomic E-state index is 0.931. The monoisotopic (exact) mass is 132 g/mol.